The van der Waals surface area contributed by atoms with Crippen molar-refractivity contribution in [2.75, 3.05) is 18.8 Å². The molecule has 128 valence electrons. The Balaban J connectivity index is 1.53. The summed E-state index contributed by atoms with van der Waals surface area (Å²) in [6, 6.07) is 1.95. The molecule has 7 heteroatoms. The van der Waals surface area contributed by atoms with E-state index in [-0.39, 0.29) is 29.2 Å². The van der Waals surface area contributed by atoms with Crippen LogP contribution in [0.1, 0.15) is 56.6 Å². The van der Waals surface area contributed by atoms with Crippen LogP contribution >= 0.6 is 0 Å². The molecule has 1 N–H and O–H groups in total. The maximum Gasteiger partial charge on any atom is 0.223 e. The van der Waals surface area contributed by atoms with Crippen LogP contribution in [-0.2, 0) is 14.6 Å². The Bertz CT molecular complexity index is 621. The van der Waals surface area contributed by atoms with Gasteiger partial charge in [0.25, 0.3) is 0 Å². The molecule has 1 aromatic rings. The van der Waals surface area contributed by atoms with E-state index in [1.807, 2.05) is 11.0 Å². The second-order valence-corrected chi connectivity index (χ2v) is 9.11. The number of amides is 1. The molecule has 0 spiro atoms. The predicted molar refractivity (Wildman–Crippen MR) is 87.8 cm³/mol. The van der Waals surface area contributed by atoms with E-state index in [0.29, 0.717) is 6.54 Å². The highest BCUT2D eigenvalue weighted by Crippen LogP contribution is 2.27. The van der Waals surface area contributed by atoms with Gasteiger partial charge in [-0.25, -0.2) is 8.42 Å². The van der Waals surface area contributed by atoms with Gasteiger partial charge >= 0.3 is 0 Å². The largest absolute Gasteiger partial charge is 0.342 e. The van der Waals surface area contributed by atoms with E-state index in [4.69, 9.17) is 0 Å². The molecule has 1 aliphatic heterocycles. The number of hydrogen-bond acceptors (Lipinski definition) is 4. The Kier molecular flexibility index (Phi) is 5.04. The van der Waals surface area contributed by atoms with Gasteiger partial charge in [0.2, 0.25) is 5.91 Å². The van der Waals surface area contributed by atoms with Gasteiger partial charge in [-0.15, -0.1) is 0 Å². The van der Waals surface area contributed by atoms with Crippen LogP contribution in [0, 0.1) is 0 Å². The molecule has 0 radical (unpaired) electrons. The van der Waals surface area contributed by atoms with Gasteiger partial charge in [0, 0.05) is 37.3 Å². The standard InChI is InChI=1S/C16H25N3O3S/c20-16(8-11-23(21,22)14-5-1-2-6-14)19-10-3-4-13(12-19)15-7-9-17-18-15/h7,9,13-14H,1-6,8,10-12H2,(H,17,18)/t13-/m1/s1. The number of aromatic nitrogens is 2. The molecular weight excluding hydrogens is 314 g/mol. The number of nitrogens with one attached hydrogen (secondary N) is 1. The molecule has 23 heavy (non-hydrogen) atoms. The van der Waals surface area contributed by atoms with E-state index in [2.05, 4.69) is 10.2 Å². The van der Waals surface area contributed by atoms with Crippen molar-refractivity contribution < 1.29 is 13.2 Å². The van der Waals surface area contributed by atoms with Gasteiger partial charge in [-0.3, -0.25) is 9.89 Å². The van der Waals surface area contributed by atoms with E-state index >= 15 is 0 Å². The Morgan fingerprint density at radius 2 is 2.04 bits per heavy atom. The molecule has 0 bridgehead atoms. The number of H-pyrrole nitrogens is 1. The molecule has 1 amide bonds. The molecule has 2 aliphatic rings. The molecule has 1 aromatic heterocycles. The summed E-state index contributed by atoms with van der Waals surface area (Å²) in [7, 11) is -3.11. The molecule has 6 nitrogen and oxygen atoms in total. The lowest BCUT2D eigenvalue weighted by atomic mass is 9.95. The van der Waals surface area contributed by atoms with Gasteiger partial charge in [-0.05, 0) is 31.7 Å². The molecule has 0 unspecified atom stereocenters. The summed E-state index contributed by atoms with van der Waals surface area (Å²) in [5.41, 5.74) is 1.06. The van der Waals surface area contributed by atoms with Gasteiger partial charge < -0.3 is 4.90 Å². The van der Waals surface area contributed by atoms with Crippen molar-refractivity contribution >= 4 is 15.7 Å². The number of carbonyl (C=O) groups is 1. The number of carbonyl (C=O) groups excluding carboxylic acids is 1. The Morgan fingerprint density at radius 1 is 1.26 bits per heavy atom. The number of hydrogen-bond donors (Lipinski definition) is 1. The highest BCUT2D eigenvalue weighted by molar-refractivity contribution is 7.92. The van der Waals surface area contributed by atoms with Crippen LogP contribution in [0.25, 0.3) is 0 Å². The van der Waals surface area contributed by atoms with E-state index in [9.17, 15) is 13.2 Å². The molecule has 2 heterocycles. The lowest BCUT2D eigenvalue weighted by Gasteiger charge is -2.32. The second-order valence-electron chi connectivity index (χ2n) is 6.71. The van der Waals surface area contributed by atoms with Gasteiger partial charge in [-0.2, -0.15) is 5.10 Å². The summed E-state index contributed by atoms with van der Waals surface area (Å²) < 4.78 is 24.6. The first-order chi connectivity index (χ1) is 11.1. The Labute approximate surface area is 137 Å². The van der Waals surface area contributed by atoms with Crippen molar-refractivity contribution in [3.63, 3.8) is 0 Å². The first-order valence-electron chi connectivity index (χ1n) is 8.55. The fourth-order valence-electron chi connectivity index (χ4n) is 3.75. The number of piperidine rings is 1. The summed E-state index contributed by atoms with van der Waals surface area (Å²) >= 11 is 0. The summed E-state index contributed by atoms with van der Waals surface area (Å²) in [5, 5.41) is 6.73. The number of likely N-dealkylation sites (tertiary alicyclic amines) is 1. The number of nitrogens with zero attached hydrogens (tertiary/aromatic N) is 2. The van der Waals surface area contributed by atoms with Crippen LogP contribution in [-0.4, -0.2) is 53.5 Å². The number of aromatic amines is 1. The van der Waals surface area contributed by atoms with E-state index in [0.717, 1.165) is 50.8 Å². The Morgan fingerprint density at radius 3 is 2.74 bits per heavy atom. The zero-order valence-electron chi connectivity index (χ0n) is 13.4. The van der Waals surface area contributed by atoms with Crippen LogP contribution in [0.3, 0.4) is 0 Å². The topological polar surface area (TPSA) is 83.1 Å². The van der Waals surface area contributed by atoms with Crippen LogP contribution in [0.15, 0.2) is 12.3 Å². The van der Waals surface area contributed by atoms with Gasteiger partial charge in [0.05, 0.1) is 11.0 Å². The zero-order valence-corrected chi connectivity index (χ0v) is 14.2. The summed E-state index contributed by atoms with van der Waals surface area (Å²) in [6.45, 7) is 1.39. The third-order valence-electron chi connectivity index (χ3n) is 5.15. The summed E-state index contributed by atoms with van der Waals surface area (Å²) in [6.07, 6.45) is 7.35. The first kappa shape index (κ1) is 16.5. The van der Waals surface area contributed by atoms with Crippen molar-refractivity contribution in [3.05, 3.63) is 18.0 Å². The third kappa shape index (κ3) is 3.94. The minimum atomic E-state index is -3.11. The Hall–Kier alpha value is -1.37. The van der Waals surface area contributed by atoms with Crippen LogP contribution in [0.5, 0.6) is 0 Å². The van der Waals surface area contributed by atoms with E-state index < -0.39 is 9.84 Å². The average molecular weight is 339 g/mol. The number of sulfone groups is 1. The van der Waals surface area contributed by atoms with Gasteiger partial charge in [-0.1, -0.05) is 12.8 Å². The van der Waals surface area contributed by atoms with Crippen LogP contribution in [0.4, 0.5) is 0 Å². The molecule has 2 fully saturated rings. The minimum Gasteiger partial charge on any atom is -0.342 e. The smallest absolute Gasteiger partial charge is 0.223 e. The van der Waals surface area contributed by atoms with Crippen LogP contribution < -0.4 is 0 Å². The lowest BCUT2D eigenvalue weighted by molar-refractivity contribution is -0.132. The normalized spacial score (nSPS) is 23.3. The summed E-state index contributed by atoms with van der Waals surface area (Å²) in [4.78, 5) is 14.2. The van der Waals surface area contributed by atoms with Crippen molar-refractivity contribution in [1.82, 2.24) is 15.1 Å². The van der Waals surface area contributed by atoms with Gasteiger partial charge in [0.1, 0.15) is 0 Å². The number of rotatable bonds is 5. The predicted octanol–water partition coefficient (Wildman–Crippen LogP) is 1.86. The van der Waals surface area contributed by atoms with Crippen molar-refractivity contribution in [3.8, 4) is 0 Å². The molecule has 1 saturated carbocycles. The fourth-order valence-corrected chi connectivity index (χ4v) is 5.60. The van der Waals surface area contributed by atoms with Crippen molar-refractivity contribution in [2.24, 2.45) is 0 Å². The molecule has 3 rings (SSSR count). The highest BCUT2D eigenvalue weighted by Gasteiger charge is 2.31. The quantitative estimate of drug-likeness (QED) is 0.887. The highest BCUT2D eigenvalue weighted by atomic mass is 32.2. The molecule has 0 aromatic carbocycles. The molecule has 1 atom stereocenters. The van der Waals surface area contributed by atoms with E-state index in [1.165, 1.54) is 0 Å². The zero-order chi connectivity index (χ0) is 16.3. The SMILES string of the molecule is O=C(CCS(=O)(=O)C1CCCC1)N1CCC[C@@H](c2ccn[nH]2)C1. The minimum absolute atomic E-state index is 0.00171. The maximum atomic E-state index is 12.4. The second kappa shape index (κ2) is 7.03. The van der Waals surface area contributed by atoms with Gasteiger partial charge in [0.15, 0.2) is 9.84 Å². The monoisotopic (exact) mass is 339 g/mol. The molecule has 1 saturated heterocycles. The first-order valence-corrected chi connectivity index (χ1v) is 10.3. The van der Waals surface area contributed by atoms with Crippen molar-refractivity contribution in [1.29, 1.82) is 0 Å². The maximum absolute atomic E-state index is 12.4. The lowest BCUT2D eigenvalue weighted by Crippen LogP contribution is -2.40. The average Bonchev–Trinajstić information content (AvgIpc) is 3.25. The summed E-state index contributed by atoms with van der Waals surface area (Å²) in [5.74, 6) is 0.249. The fraction of sp³-hybridized carbons (Fsp3) is 0.750. The van der Waals surface area contributed by atoms with Crippen LogP contribution in [0.2, 0.25) is 0 Å². The van der Waals surface area contributed by atoms with Crippen molar-refractivity contribution in [2.45, 2.75) is 56.1 Å². The van der Waals surface area contributed by atoms with E-state index in [1.54, 1.807) is 6.20 Å². The molecular formula is C16H25N3O3S. The molecule has 1 aliphatic carbocycles. The third-order valence-corrected chi connectivity index (χ3v) is 7.41.